The first kappa shape index (κ1) is 17.4. The van der Waals surface area contributed by atoms with Gasteiger partial charge < -0.3 is 19.5 Å². The molecule has 1 aliphatic rings. The van der Waals surface area contributed by atoms with Crippen LogP contribution in [-0.4, -0.2) is 26.2 Å². The summed E-state index contributed by atoms with van der Waals surface area (Å²) >= 11 is 6.25. The second-order valence-corrected chi connectivity index (χ2v) is 6.38. The highest BCUT2D eigenvalue weighted by atomic mass is 35.5. The van der Waals surface area contributed by atoms with Crippen molar-refractivity contribution in [1.82, 2.24) is 0 Å². The zero-order chi connectivity index (χ0) is 18.1. The van der Waals surface area contributed by atoms with Gasteiger partial charge in [-0.3, -0.25) is 4.79 Å². The Kier molecular flexibility index (Phi) is 4.77. The molecule has 132 valence electrons. The molecular weight excluding hydrogens is 342 g/mol. The lowest BCUT2D eigenvalue weighted by atomic mass is 9.97. The predicted molar refractivity (Wildman–Crippen MR) is 97.5 cm³/mol. The minimum Gasteiger partial charge on any atom is -0.493 e. The number of methoxy groups -OCH3 is 2. The van der Waals surface area contributed by atoms with Crippen molar-refractivity contribution < 1.29 is 19.0 Å². The van der Waals surface area contributed by atoms with E-state index in [4.69, 9.17) is 25.8 Å². The number of ether oxygens (including phenoxy) is 3. The normalized spacial score (nSPS) is 18.3. The maximum Gasteiger partial charge on any atom is 0.259 e. The first-order valence-electron chi connectivity index (χ1n) is 7.98. The molecule has 2 aromatic carbocycles. The number of halogens is 1. The monoisotopic (exact) mass is 361 g/mol. The highest BCUT2D eigenvalue weighted by Gasteiger charge is 2.31. The number of hydrogen-bond acceptors (Lipinski definition) is 4. The van der Waals surface area contributed by atoms with E-state index in [0.717, 1.165) is 5.56 Å². The molecule has 6 heteroatoms. The molecule has 1 amide bonds. The average molecular weight is 362 g/mol. The lowest BCUT2D eigenvalue weighted by Gasteiger charge is -2.14. The Bertz CT molecular complexity index is 821. The van der Waals surface area contributed by atoms with Crippen molar-refractivity contribution in [3.63, 3.8) is 0 Å². The van der Waals surface area contributed by atoms with Gasteiger partial charge in [0, 0.05) is 23.6 Å². The molecule has 1 aliphatic heterocycles. The van der Waals surface area contributed by atoms with Crippen molar-refractivity contribution in [2.75, 3.05) is 19.5 Å². The summed E-state index contributed by atoms with van der Waals surface area (Å²) in [7, 11) is 3.05. The van der Waals surface area contributed by atoms with Crippen LogP contribution in [0.1, 0.15) is 35.7 Å². The summed E-state index contributed by atoms with van der Waals surface area (Å²) in [4.78, 5) is 12.8. The maximum atomic E-state index is 12.8. The quantitative estimate of drug-likeness (QED) is 0.871. The number of nitrogens with one attached hydrogen (secondary N) is 1. The molecule has 0 bridgehead atoms. The molecule has 0 spiro atoms. The number of benzene rings is 2. The number of rotatable bonds is 4. The van der Waals surface area contributed by atoms with Crippen LogP contribution in [-0.2, 0) is 0 Å². The van der Waals surface area contributed by atoms with E-state index in [-0.39, 0.29) is 17.9 Å². The molecular formula is C19H20ClNO4. The van der Waals surface area contributed by atoms with E-state index < -0.39 is 0 Å². The number of hydrogen-bond donors (Lipinski definition) is 1. The van der Waals surface area contributed by atoms with Gasteiger partial charge in [0.05, 0.1) is 30.5 Å². The van der Waals surface area contributed by atoms with Crippen LogP contribution in [0.3, 0.4) is 0 Å². The second kappa shape index (κ2) is 6.84. The summed E-state index contributed by atoms with van der Waals surface area (Å²) in [5.41, 5.74) is 1.97. The number of anilines is 1. The molecule has 2 aromatic rings. The van der Waals surface area contributed by atoms with Crippen molar-refractivity contribution in [1.29, 1.82) is 0 Å². The minimum absolute atomic E-state index is 0.0358. The fourth-order valence-electron chi connectivity index (χ4n) is 2.90. The SMILES string of the molecule is COc1cc(Cl)c(NC(=O)c2cccc3c2OC(C)C3C)cc1OC. The van der Waals surface area contributed by atoms with Gasteiger partial charge >= 0.3 is 0 Å². The summed E-state index contributed by atoms with van der Waals surface area (Å²) in [6.45, 7) is 4.08. The van der Waals surface area contributed by atoms with Crippen molar-refractivity contribution in [3.05, 3.63) is 46.5 Å². The number of carbonyl (C=O) groups excluding carboxylic acids is 1. The molecule has 2 unspecified atom stereocenters. The third-order valence-corrected chi connectivity index (χ3v) is 4.82. The molecule has 0 saturated carbocycles. The van der Waals surface area contributed by atoms with Crippen LogP contribution in [0.2, 0.25) is 5.02 Å². The largest absolute Gasteiger partial charge is 0.493 e. The summed E-state index contributed by atoms with van der Waals surface area (Å²) in [6.07, 6.45) is 0.0358. The molecule has 0 fully saturated rings. The number of fused-ring (bicyclic) bond motifs is 1. The van der Waals surface area contributed by atoms with Gasteiger partial charge in [0.2, 0.25) is 0 Å². The van der Waals surface area contributed by atoms with Crippen LogP contribution in [0.15, 0.2) is 30.3 Å². The highest BCUT2D eigenvalue weighted by molar-refractivity contribution is 6.34. The van der Waals surface area contributed by atoms with E-state index >= 15 is 0 Å². The molecule has 1 heterocycles. The molecule has 25 heavy (non-hydrogen) atoms. The van der Waals surface area contributed by atoms with E-state index in [1.165, 1.54) is 14.2 Å². The standard InChI is InChI=1S/C19H20ClNO4/c1-10-11(2)25-18-12(10)6-5-7-13(18)19(22)21-15-9-17(24-4)16(23-3)8-14(15)20/h5-11H,1-4H3,(H,21,22). The Morgan fingerprint density at radius 2 is 1.84 bits per heavy atom. The zero-order valence-corrected chi connectivity index (χ0v) is 15.3. The van der Waals surface area contributed by atoms with Crippen LogP contribution in [0.25, 0.3) is 0 Å². The lowest BCUT2D eigenvalue weighted by molar-refractivity contribution is 0.102. The Hall–Kier alpha value is -2.40. The topological polar surface area (TPSA) is 56.8 Å². The third-order valence-electron chi connectivity index (χ3n) is 4.51. The van der Waals surface area contributed by atoms with Gasteiger partial charge in [-0.05, 0) is 13.0 Å². The second-order valence-electron chi connectivity index (χ2n) is 5.98. The van der Waals surface area contributed by atoms with Gasteiger partial charge in [-0.2, -0.15) is 0 Å². The van der Waals surface area contributed by atoms with E-state index in [1.807, 2.05) is 19.1 Å². The number of para-hydroxylation sites is 1. The molecule has 0 aliphatic carbocycles. The highest BCUT2D eigenvalue weighted by Crippen LogP contribution is 2.41. The van der Waals surface area contributed by atoms with Crippen molar-refractivity contribution in [2.45, 2.75) is 25.9 Å². The number of carbonyl (C=O) groups is 1. The molecule has 0 radical (unpaired) electrons. The van der Waals surface area contributed by atoms with Gasteiger partial charge in [-0.25, -0.2) is 0 Å². The van der Waals surface area contributed by atoms with Gasteiger partial charge in [-0.1, -0.05) is 30.7 Å². The van der Waals surface area contributed by atoms with Crippen LogP contribution in [0.5, 0.6) is 17.2 Å². The van der Waals surface area contributed by atoms with Crippen molar-refractivity contribution in [3.8, 4) is 17.2 Å². The zero-order valence-electron chi connectivity index (χ0n) is 14.6. The Balaban J connectivity index is 1.92. The van der Waals surface area contributed by atoms with E-state index in [1.54, 1.807) is 18.2 Å². The smallest absolute Gasteiger partial charge is 0.259 e. The first-order valence-corrected chi connectivity index (χ1v) is 8.36. The van der Waals surface area contributed by atoms with Gasteiger partial charge in [0.25, 0.3) is 5.91 Å². The van der Waals surface area contributed by atoms with E-state index in [2.05, 4.69) is 12.2 Å². The molecule has 0 saturated heterocycles. The molecule has 0 aromatic heterocycles. The average Bonchev–Trinajstić information content (AvgIpc) is 2.90. The van der Waals surface area contributed by atoms with E-state index in [0.29, 0.717) is 33.5 Å². The Morgan fingerprint density at radius 1 is 1.16 bits per heavy atom. The van der Waals surface area contributed by atoms with Gasteiger partial charge in [-0.15, -0.1) is 0 Å². The van der Waals surface area contributed by atoms with E-state index in [9.17, 15) is 4.79 Å². The summed E-state index contributed by atoms with van der Waals surface area (Å²) < 4.78 is 16.3. The van der Waals surface area contributed by atoms with Gasteiger partial charge in [0.1, 0.15) is 11.9 Å². The predicted octanol–water partition coefficient (Wildman–Crippen LogP) is 4.49. The Labute approximate surface area is 151 Å². The van der Waals surface area contributed by atoms with Crippen LogP contribution in [0.4, 0.5) is 5.69 Å². The fraction of sp³-hybridized carbons (Fsp3) is 0.316. The minimum atomic E-state index is -0.285. The Morgan fingerprint density at radius 3 is 2.52 bits per heavy atom. The molecule has 5 nitrogen and oxygen atoms in total. The van der Waals surface area contributed by atoms with Gasteiger partial charge in [0.15, 0.2) is 11.5 Å². The molecule has 1 N–H and O–H groups in total. The van der Waals surface area contributed by atoms with Crippen molar-refractivity contribution in [2.24, 2.45) is 0 Å². The number of amides is 1. The first-order chi connectivity index (χ1) is 12.0. The third kappa shape index (κ3) is 3.12. The lowest BCUT2D eigenvalue weighted by Crippen LogP contribution is -2.14. The van der Waals surface area contributed by atoms with Crippen LogP contribution < -0.4 is 19.5 Å². The summed E-state index contributed by atoms with van der Waals surface area (Å²) in [6, 6.07) is 8.83. The van der Waals surface area contributed by atoms with Crippen LogP contribution >= 0.6 is 11.6 Å². The molecule has 3 rings (SSSR count). The molecule has 2 atom stereocenters. The summed E-state index contributed by atoms with van der Waals surface area (Å²) in [5.74, 6) is 1.58. The fourth-order valence-corrected chi connectivity index (χ4v) is 3.11. The maximum absolute atomic E-state index is 12.8. The van der Waals surface area contributed by atoms with Crippen LogP contribution in [0, 0.1) is 0 Å². The summed E-state index contributed by atoms with van der Waals surface area (Å²) in [5, 5.41) is 3.19. The van der Waals surface area contributed by atoms with Crippen molar-refractivity contribution >= 4 is 23.2 Å².